The van der Waals surface area contributed by atoms with Gasteiger partial charge in [0.1, 0.15) is 17.2 Å². The summed E-state index contributed by atoms with van der Waals surface area (Å²) in [7, 11) is 3.32. The van der Waals surface area contributed by atoms with E-state index in [1.807, 2.05) is 42.5 Å². The largest absolute Gasteiger partial charge is 0.497 e. The van der Waals surface area contributed by atoms with E-state index in [1.165, 1.54) is 0 Å². The van der Waals surface area contributed by atoms with Crippen LogP contribution in [0.1, 0.15) is 20.3 Å². The van der Waals surface area contributed by atoms with Gasteiger partial charge in [0.05, 0.1) is 26.5 Å². The van der Waals surface area contributed by atoms with Crippen LogP contribution in [0.5, 0.6) is 17.2 Å². The first-order valence-corrected chi connectivity index (χ1v) is 9.05. The fourth-order valence-electron chi connectivity index (χ4n) is 2.44. The third kappa shape index (κ3) is 6.39. The van der Waals surface area contributed by atoms with Crippen LogP contribution in [0.4, 0.5) is 11.4 Å². The maximum absolute atomic E-state index is 5.74. The standard InChI is InChI=1S/C21H30N2O3/c1-16(2)11-14-26-18-7-5-17(6-8-18)22-12-13-23-20-15-19(24-3)9-10-21(20)25-4/h5-10,15-16,22-23H,11-14H2,1-4H3. The van der Waals surface area contributed by atoms with Crippen molar-refractivity contribution in [1.82, 2.24) is 0 Å². The quantitative estimate of drug-likeness (QED) is 0.573. The topological polar surface area (TPSA) is 51.8 Å². The molecule has 5 heteroatoms. The molecule has 0 saturated carbocycles. The summed E-state index contributed by atoms with van der Waals surface area (Å²) < 4.78 is 16.4. The zero-order valence-electron chi connectivity index (χ0n) is 16.2. The summed E-state index contributed by atoms with van der Waals surface area (Å²) in [5.74, 6) is 3.17. The molecular formula is C21H30N2O3. The van der Waals surface area contributed by atoms with Crippen molar-refractivity contribution < 1.29 is 14.2 Å². The number of hydrogen-bond donors (Lipinski definition) is 2. The van der Waals surface area contributed by atoms with E-state index in [9.17, 15) is 0 Å². The first kappa shape index (κ1) is 19.8. The first-order valence-electron chi connectivity index (χ1n) is 9.05. The molecule has 2 aromatic carbocycles. The number of methoxy groups -OCH3 is 2. The van der Waals surface area contributed by atoms with Gasteiger partial charge < -0.3 is 24.8 Å². The van der Waals surface area contributed by atoms with Crippen LogP contribution in [0.3, 0.4) is 0 Å². The van der Waals surface area contributed by atoms with E-state index in [0.717, 1.165) is 54.7 Å². The number of rotatable bonds is 11. The van der Waals surface area contributed by atoms with Gasteiger partial charge in [-0.25, -0.2) is 0 Å². The second-order valence-corrected chi connectivity index (χ2v) is 6.48. The van der Waals surface area contributed by atoms with E-state index in [0.29, 0.717) is 5.92 Å². The molecule has 0 heterocycles. The molecule has 0 spiro atoms. The Morgan fingerprint density at radius 2 is 1.54 bits per heavy atom. The van der Waals surface area contributed by atoms with Crippen molar-refractivity contribution in [2.24, 2.45) is 5.92 Å². The minimum atomic E-state index is 0.659. The van der Waals surface area contributed by atoms with E-state index in [2.05, 4.69) is 24.5 Å². The van der Waals surface area contributed by atoms with Crippen molar-refractivity contribution in [1.29, 1.82) is 0 Å². The number of ether oxygens (including phenoxy) is 3. The van der Waals surface area contributed by atoms with Gasteiger partial charge in [-0.15, -0.1) is 0 Å². The van der Waals surface area contributed by atoms with E-state index in [1.54, 1.807) is 14.2 Å². The summed E-state index contributed by atoms with van der Waals surface area (Å²) in [6.45, 7) is 6.71. The predicted molar refractivity (Wildman–Crippen MR) is 108 cm³/mol. The molecule has 0 amide bonds. The number of hydrogen-bond acceptors (Lipinski definition) is 5. The Labute approximate surface area is 156 Å². The molecule has 26 heavy (non-hydrogen) atoms. The van der Waals surface area contributed by atoms with Gasteiger partial charge in [-0.3, -0.25) is 0 Å². The summed E-state index contributed by atoms with van der Waals surface area (Å²) in [4.78, 5) is 0. The van der Waals surface area contributed by atoms with Crippen LogP contribution in [0, 0.1) is 5.92 Å². The summed E-state index contributed by atoms with van der Waals surface area (Å²) in [5, 5.41) is 6.76. The highest BCUT2D eigenvalue weighted by atomic mass is 16.5. The molecule has 2 aromatic rings. The molecule has 0 aliphatic rings. The van der Waals surface area contributed by atoms with E-state index in [-0.39, 0.29) is 0 Å². The summed E-state index contributed by atoms with van der Waals surface area (Å²) >= 11 is 0. The molecule has 0 saturated heterocycles. The van der Waals surface area contributed by atoms with Crippen molar-refractivity contribution in [3.8, 4) is 17.2 Å². The van der Waals surface area contributed by atoms with E-state index < -0.39 is 0 Å². The molecule has 0 radical (unpaired) electrons. The van der Waals surface area contributed by atoms with Crippen molar-refractivity contribution in [2.75, 3.05) is 44.5 Å². The van der Waals surface area contributed by atoms with Gasteiger partial charge >= 0.3 is 0 Å². The van der Waals surface area contributed by atoms with Crippen LogP contribution >= 0.6 is 0 Å². The second kappa shape index (κ2) is 10.4. The van der Waals surface area contributed by atoms with Crippen molar-refractivity contribution in [2.45, 2.75) is 20.3 Å². The lowest BCUT2D eigenvalue weighted by molar-refractivity contribution is 0.289. The molecule has 2 rings (SSSR count). The van der Waals surface area contributed by atoms with Crippen LogP contribution in [-0.4, -0.2) is 33.9 Å². The van der Waals surface area contributed by atoms with Crippen LogP contribution in [0.15, 0.2) is 42.5 Å². The smallest absolute Gasteiger partial charge is 0.142 e. The third-order valence-electron chi connectivity index (χ3n) is 3.99. The van der Waals surface area contributed by atoms with Crippen LogP contribution < -0.4 is 24.8 Å². The molecule has 142 valence electrons. The van der Waals surface area contributed by atoms with Gasteiger partial charge in [0.2, 0.25) is 0 Å². The van der Waals surface area contributed by atoms with Gasteiger partial charge in [0.15, 0.2) is 0 Å². The van der Waals surface area contributed by atoms with Gasteiger partial charge in [-0.1, -0.05) is 13.8 Å². The van der Waals surface area contributed by atoms with Crippen LogP contribution in [-0.2, 0) is 0 Å². The summed E-state index contributed by atoms with van der Waals surface area (Å²) in [5.41, 5.74) is 1.99. The maximum Gasteiger partial charge on any atom is 0.142 e. The zero-order valence-corrected chi connectivity index (χ0v) is 16.2. The highest BCUT2D eigenvalue weighted by Crippen LogP contribution is 2.28. The van der Waals surface area contributed by atoms with Gasteiger partial charge in [-0.05, 0) is 48.7 Å². The van der Waals surface area contributed by atoms with Crippen molar-refractivity contribution in [3.05, 3.63) is 42.5 Å². The van der Waals surface area contributed by atoms with E-state index >= 15 is 0 Å². The Bertz CT molecular complexity index is 657. The molecule has 0 aromatic heterocycles. The molecule has 0 atom stereocenters. The Balaban J connectivity index is 1.76. The predicted octanol–water partition coefficient (Wildman–Crippen LogP) is 4.65. The Kier molecular flexibility index (Phi) is 7.93. The summed E-state index contributed by atoms with van der Waals surface area (Å²) in [6, 6.07) is 13.8. The highest BCUT2D eigenvalue weighted by Gasteiger charge is 2.04. The monoisotopic (exact) mass is 358 g/mol. The van der Waals surface area contributed by atoms with Gasteiger partial charge in [0.25, 0.3) is 0 Å². The fraction of sp³-hybridized carbons (Fsp3) is 0.429. The molecule has 0 aliphatic heterocycles. The third-order valence-corrected chi connectivity index (χ3v) is 3.99. The number of nitrogens with one attached hydrogen (secondary N) is 2. The highest BCUT2D eigenvalue weighted by molar-refractivity contribution is 5.60. The minimum absolute atomic E-state index is 0.659. The number of benzene rings is 2. The van der Waals surface area contributed by atoms with Crippen molar-refractivity contribution >= 4 is 11.4 Å². The first-order chi connectivity index (χ1) is 12.6. The maximum atomic E-state index is 5.74. The zero-order chi connectivity index (χ0) is 18.8. The lowest BCUT2D eigenvalue weighted by atomic mass is 10.1. The lowest BCUT2D eigenvalue weighted by Gasteiger charge is -2.13. The molecule has 0 unspecified atom stereocenters. The average Bonchev–Trinajstić information content (AvgIpc) is 2.66. The Hall–Kier alpha value is -2.56. The molecule has 0 bridgehead atoms. The summed E-state index contributed by atoms with van der Waals surface area (Å²) in [6.07, 6.45) is 1.07. The molecule has 0 aliphatic carbocycles. The Morgan fingerprint density at radius 1 is 0.846 bits per heavy atom. The fourth-order valence-corrected chi connectivity index (χ4v) is 2.44. The molecule has 5 nitrogen and oxygen atoms in total. The lowest BCUT2D eigenvalue weighted by Crippen LogP contribution is -2.14. The average molecular weight is 358 g/mol. The van der Waals surface area contributed by atoms with Gasteiger partial charge in [-0.2, -0.15) is 0 Å². The van der Waals surface area contributed by atoms with E-state index in [4.69, 9.17) is 14.2 Å². The molecular weight excluding hydrogens is 328 g/mol. The Morgan fingerprint density at radius 3 is 2.19 bits per heavy atom. The van der Waals surface area contributed by atoms with Gasteiger partial charge in [0, 0.05) is 24.8 Å². The number of anilines is 2. The SMILES string of the molecule is COc1ccc(OC)c(NCCNc2ccc(OCCC(C)C)cc2)c1. The molecule has 2 N–H and O–H groups in total. The molecule has 0 fully saturated rings. The minimum Gasteiger partial charge on any atom is -0.497 e. The van der Waals surface area contributed by atoms with Crippen molar-refractivity contribution in [3.63, 3.8) is 0 Å². The van der Waals surface area contributed by atoms with Crippen LogP contribution in [0.2, 0.25) is 0 Å². The normalized spacial score (nSPS) is 10.5. The second-order valence-electron chi connectivity index (χ2n) is 6.48. The van der Waals surface area contributed by atoms with Crippen LogP contribution in [0.25, 0.3) is 0 Å².